The summed E-state index contributed by atoms with van der Waals surface area (Å²) in [4.78, 5) is 43.1. The zero-order valence-corrected chi connectivity index (χ0v) is 19.2. The average molecular weight is 472 g/mol. The standard InChI is InChI=1S/C25H26FN3O3.ClH/c1-17-22(18-5-3-2-4-6-18)24(31)29(25(32)27-17)16-15-28-13-11-20(12-14-28)23(30)19-7-9-21(26)10-8-19;/h2-10,20H,11-16H2,1H3,(H,27,32);1H. The van der Waals surface area contributed by atoms with Crippen molar-refractivity contribution in [3.05, 3.63) is 92.5 Å². The minimum atomic E-state index is -0.409. The van der Waals surface area contributed by atoms with E-state index in [1.54, 1.807) is 6.92 Å². The number of H-pyrrole nitrogens is 1. The molecule has 3 aromatic rings. The Hall–Kier alpha value is -3.03. The maximum atomic E-state index is 13.1. The highest BCUT2D eigenvalue weighted by Crippen LogP contribution is 2.22. The van der Waals surface area contributed by atoms with Gasteiger partial charge in [-0.1, -0.05) is 30.3 Å². The first-order valence-electron chi connectivity index (χ1n) is 10.9. The van der Waals surface area contributed by atoms with Crippen LogP contribution in [0.3, 0.4) is 0 Å². The number of nitrogens with zero attached hydrogens (tertiary/aromatic N) is 2. The molecule has 1 saturated heterocycles. The number of nitrogens with one attached hydrogen (secondary N) is 1. The quantitative estimate of drug-likeness (QED) is 0.557. The van der Waals surface area contributed by atoms with Gasteiger partial charge in [-0.25, -0.2) is 9.18 Å². The molecule has 1 aliphatic rings. The Kier molecular flexibility index (Phi) is 8.00. The fraction of sp³-hybridized carbons (Fsp3) is 0.320. The zero-order chi connectivity index (χ0) is 22.7. The van der Waals surface area contributed by atoms with Crippen LogP contribution in [0.25, 0.3) is 11.1 Å². The van der Waals surface area contributed by atoms with Crippen molar-refractivity contribution >= 4 is 18.2 Å². The van der Waals surface area contributed by atoms with Crippen LogP contribution in [-0.4, -0.2) is 39.9 Å². The molecule has 8 heteroatoms. The summed E-state index contributed by atoms with van der Waals surface area (Å²) in [6.45, 7) is 3.99. The van der Waals surface area contributed by atoms with Gasteiger partial charge < -0.3 is 9.88 Å². The SMILES string of the molecule is Cc1[nH]c(=O)n(CCN2CCC(C(=O)c3ccc(F)cc3)CC2)c(=O)c1-c1ccccc1.Cl. The third-order valence-electron chi connectivity index (χ3n) is 6.16. The number of aromatic nitrogens is 2. The summed E-state index contributed by atoms with van der Waals surface area (Å²) >= 11 is 0. The topological polar surface area (TPSA) is 75.2 Å². The molecule has 0 unspecified atom stereocenters. The molecule has 174 valence electrons. The molecule has 1 aliphatic heterocycles. The van der Waals surface area contributed by atoms with Crippen LogP contribution < -0.4 is 11.2 Å². The number of carbonyl (C=O) groups excluding carboxylic acids is 1. The monoisotopic (exact) mass is 471 g/mol. The number of piperidine rings is 1. The van der Waals surface area contributed by atoms with Gasteiger partial charge in [-0.2, -0.15) is 0 Å². The summed E-state index contributed by atoms with van der Waals surface area (Å²) in [6.07, 6.45) is 1.40. The highest BCUT2D eigenvalue weighted by Gasteiger charge is 2.26. The Morgan fingerprint density at radius 1 is 1.00 bits per heavy atom. The van der Waals surface area contributed by atoms with Gasteiger partial charge in [0.05, 0.1) is 5.56 Å². The number of aryl methyl sites for hydroxylation is 1. The van der Waals surface area contributed by atoms with Gasteiger partial charge in [0.2, 0.25) is 0 Å². The lowest BCUT2D eigenvalue weighted by Gasteiger charge is -2.31. The number of Topliss-reactive ketones (excluding diaryl/α,β-unsaturated/α-hetero) is 1. The molecule has 0 aliphatic carbocycles. The molecule has 0 amide bonds. The van der Waals surface area contributed by atoms with Crippen LogP contribution in [0.5, 0.6) is 0 Å². The molecule has 33 heavy (non-hydrogen) atoms. The molecular formula is C25H27ClFN3O3. The van der Waals surface area contributed by atoms with Crippen LogP contribution in [0.4, 0.5) is 4.39 Å². The van der Waals surface area contributed by atoms with Crippen molar-refractivity contribution in [1.29, 1.82) is 0 Å². The highest BCUT2D eigenvalue weighted by atomic mass is 35.5. The first-order chi connectivity index (χ1) is 15.4. The van der Waals surface area contributed by atoms with Gasteiger partial charge in [0, 0.05) is 30.3 Å². The zero-order valence-electron chi connectivity index (χ0n) is 18.4. The molecule has 0 radical (unpaired) electrons. The van der Waals surface area contributed by atoms with Crippen molar-refractivity contribution in [1.82, 2.24) is 14.5 Å². The maximum Gasteiger partial charge on any atom is 0.328 e. The summed E-state index contributed by atoms with van der Waals surface area (Å²) in [5, 5.41) is 0. The highest BCUT2D eigenvalue weighted by molar-refractivity contribution is 5.97. The Morgan fingerprint density at radius 3 is 2.27 bits per heavy atom. The minimum Gasteiger partial charge on any atom is -0.311 e. The number of ketones is 1. The van der Waals surface area contributed by atoms with Crippen LogP contribution in [0.1, 0.15) is 28.9 Å². The number of aromatic amines is 1. The first-order valence-corrected chi connectivity index (χ1v) is 10.9. The number of carbonyl (C=O) groups is 1. The maximum absolute atomic E-state index is 13.1. The Labute approximate surface area is 197 Å². The lowest BCUT2D eigenvalue weighted by molar-refractivity contribution is 0.0837. The van der Waals surface area contributed by atoms with Gasteiger partial charge in [0.1, 0.15) is 5.82 Å². The Balaban J connectivity index is 0.00000306. The smallest absolute Gasteiger partial charge is 0.311 e. The third kappa shape index (κ3) is 5.49. The summed E-state index contributed by atoms with van der Waals surface area (Å²) in [5.74, 6) is -0.400. The van der Waals surface area contributed by atoms with Crippen LogP contribution in [0, 0.1) is 18.7 Å². The molecule has 4 rings (SSSR count). The molecule has 1 N–H and O–H groups in total. The van der Waals surface area contributed by atoms with Gasteiger partial charge in [0.15, 0.2) is 5.78 Å². The van der Waals surface area contributed by atoms with Crippen molar-refractivity contribution in [3.8, 4) is 11.1 Å². The van der Waals surface area contributed by atoms with Crippen LogP contribution >= 0.6 is 12.4 Å². The molecule has 0 saturated carbocycles. The van der Waals surface area contributed by atoms with Crippen LogP contribution in [-0.2, 0) is 6.54 Å². The number of rotatable bonds is 6. The van der Waals surface area contributed by atoms with E-state index in [2.05, 4.69) is 9.88 Å². The summed E-state index contributed by atoms with van der Waals surface area (Å²) < 4.78 is 14.4. The van der Waals surface area contributed by atoms with Gasteiger partial charge >= 0.3 is 5.69 Å². The van der Waals surface area contributed by atoms with E-state index in [-0.39, 0.29) is 42.0 Å². The normalized spacial score (nSPS) is 14.6. The van der Waals surface area contributed by atoms with Gasteiger partial charge in [0.25, 0.3) is 5.56 Å². The second kappa shape index (κ2) is 10.7. The first kappa shape index (κ1) is 24.6. The van der Waals surface area contributed by atoms with E-state index in [1.165, 1.54) is 28.8 Å². The molecular weight excluding hydrogens is 445 g/mol. The fourth-order valence-electron chi connectivity index (χ4n) is 4.34. The van der Waals surface area contributed by atoms with Crippen molar-refractivity contribution < 1.29 is 9.18 Å². The van der Waals surface area contributed by atoms with E-state index in [4.69, 9.17) is 0 Å². The number of hydrogen-bond donors (Lipinski definition) is 1. The van der Waals surface area contributed by atoms with E-state index in [0.29, 0.717) is 49.3 Å². The van der Waals surface area contributed by atoms with E-state index in [0.717, 1.165) is 5.56 Å². The lowest BCUT2D eigenvalue weighted by Crippen LogP contribution is -2.43. The molecule has 1 fully saturated rings. The van der Waals surface area contributed by atoms with Crippen LogP contribution in [0.2, 0.25) is 0 Å². The second-order valence-electron chi connectivity index (χ2n) is 8.24. The van der Waals surface area contributed by atoms with E-state index >= 15 is 0 Å². The van der Waals surface area contributed by atoms with Crippen molar-refractivity contribution in [2.24, 2.45) is 5.92 Å². The van der Waals surface area contributed by atoms with Crippen molar-refractivity contribution in [2.45, 2.75) is 26.3 Å². The number of halogens is 2. The average Bonchev–Trinajstić information content (AvgIpc) is 2.80. The number of hydrogen-bond acceptors (Lipinski definition) is 4. The van der Waals surface area contributed by atoms with Crippen molar-refractivity contribution in [3.63, 3.8) is 0 Å². The molecule has 1 aromatic heterocycles. The van der Waals surface area contributed by atoms with Crippen molar-refractivity contribution in [2.75, 3.05) is 19.6 Å². The van der Waals surface area contributed by atoms with E-state index in [1.807, 2.05) is 30.3 Å². The Morgan fingerprint density at radius 2 is 1.64 bits per heavy atom. The summed E-state index contributed by atoms with van der Waals surface area (Å²) in [6, 6.07) is 15.0. The molecule has 0 spiro atoms. The predicted octanol–water partition coefficient (Wildman–Crippen LogP) is 3.67. The van der Waals surface area contributed by atoms with Gasteiger partial charge in [-0.3, -0.25) is 14.2 Å². The molecule has 6 nitrogen and oxygen atoms in total. The Bertz CT molecular complexity index is 1210. The predicted molar refractivity (Wildman–Crippen MR) is 129 cm³/mol. The fourth-order valence-corrected chi connectivity index (χ4v) is 4.34. The molecule has 2 heterocycles. The van der Waals surface area contributed by atoms with Crippen LogP contribution in [0.15, 0.2) is 64.2 Å². The minimum absolute atomic E-state index is 0. The number of benzene rings is 2. The molecule has 0 atom stereocenters. The molecule has 0 bridgehead atoms. The second-order valence-corrected chi connectivity index (χ2v) is 8.24. The number of likely N-dealkylation sites (tertiary alicyclic amines) is 1. The van der Waals surface area contributed by atoms with E-state index < -0.39 is 5.69 Å². The van der Waals surface area contributed by atoms with E-state index in [9.17, 15) is 18.8 Å². The largest absolute Gasteiger partial charge is 0.328 e. The third-order valence-corrected chi connectivity index (χ3v) is 6.16. The summed E-state index contributed by atoms with van der Waals surface area (Å²) in [7, 11) is 0. The van der Waals surface area contributed by atoms with Gasteiger partial charge in [-0.15, -0.1) is 12.4 Å². The lowest BCUT2D eigenvalue weighted by atomic mass is 9.89. The molecule has 2 aromatic carbocycles. The van der Waals surface area contributed by atoms with Gasteiger partial charge in [-0.05, 0) is 62.7 Å². The summed E-state index contributed by atoms with van der Waals surface area (Å²) in [5.41, 5.74) is 1.68.